The Hall–Kier alpha value is -1.97. The number of methoxy groups -OCH3 is 1. The van der Waals surface area contributed by atoms with Gasteiger partial charge in [-0.3, -0.25) is 5.10 Å². The van der Waals surface area contributed by atoms with E-state index in [1.165, 1.54) is 0 Å². The van der Waals surface area contributed by atoms with Crippen LogP contribution in [0, 0.1) is 6.92 Å². The van der Waals surface area contributed by atoms with Crippen LogP contribution in [0.4, 0.5) is 0 Å². The molecule has 0 radical (unpaired) electrons. The fraction of sp³-hybridized carbons (Fsp3) is 0.308. The molecular weight excluding hydrogens is 216 g/mol. The molecule has 90 valence electrons. The molecule has 0 aliphatic heterocycles. The van der Waals surface area contributed by atoms with Gasteiger partial charge in [-0.2, -0.15) is 5.10 Å². The molecule has 2 rings (SSSR count). The van der Waals surface area contributed by atoms with Crippen LogP contribution in [-0.4, -0.2) is 22.4 Å². The van der Waals surface area contributed by atoms with E-state index in [0.717, 1.165) is 29.8 Å². The molecule has 0 saturated heterocycles. The van der Waals surface area contributed by atoms with E-state index in [-0.39, 0.29) is 5.75 Å². The van der Waals surface area contributed by atoms with Gasteiger partial charge in [-0.25, -0.2) is 0 Å². The minimum atomic E-state index is 0.275. The Labute approximate surface area is 100 Å². The van der Waals surface area contributed by atoms with Crippen molar-refractivity contribution in [1.82, 2.24) is 10.2 Å². The number of aromatic nitrogens is 2. The van der Waals surface area contributed by atoms with Crippen molar-refractivity contribution in [2.24, 2.45) is 0 Å². The van der Waals surface area contributed by atoms with Gasteiger partial charge in [0.1, 0.15) is 11.5 Å². The third kappa shape index (κ3) is 2.78. The Morgan fingerprint density at radius 3 is 2.71 bits per heavy atom. The van der Waals surface area contributed by atoms with E-state index < -0.39 is 0 Å². The van der Waals surface area contributed by atoms with E-state index >= 15 is 0 Å². The summed E-state index contributed by atoms with van der Waals surface area (Å²) >= 11 is 0. The van der Waals surface area contributed by atoms with Crippen LogP contribution in [0.3, 0.4) is 0 Å². The molecule has 0 aliphatic carbocycles. The number of nitrogens with one attached hydrogen (secondary N) is 1. The van der Waals surface area contributed by atoms with E-state index in [1.54, 1.807) is 13.2 Å². The normalized spacial score (nSPS) is 10.5. The number of aromatic amines is 1. The van der Waals surface area contributed by atoms with Crippen molar-refractivity contribution in [2.45, 2.75) is 19.8 Å². The van der Waals surface area contributed by atoms with E-state index in [1.807, 2.05) is 25.1 Å². The molecule has 0 spiro atoms. The van der Waals surface area contributed by atoms with Crippen LogP contribution >= 0.6 is 0 Å². The Kier molecular flexibility index (Phi) is 3.32. The fourth-order valence-corrected chi connectivity index (χ4v) is 1.75. The molecule has 0 atom stereocenters. The van der Waals surface area contributed by atoms with Crippen molar-refractivity contribution in [2.75, 3.05) is 7.11 Å². The van der Waals surface area contributed by atoms with Crippen molar-refractivity contribution >= 4 is 0 Å². The summed E-state index contributed by atoms with van der Waals surface area (Å²) in [5, 5.41) is 16.9. The SMILES string of the molecule is COc1ccc(CCc2cc(C)[nH]n2)c(O)c1. The predicted molar refractivity (Wildman–Crippen MR) is 65.4 cm³/mol. The topological polar surface area (TPSA) is 58.1 Å². The van der Waals surface area contributed by atoms with Crippen LogP contribution in [0.25, 0.3) is 0 Å². The van der Waals surface area contributed by atoms with Crippen LogP contribution in [0.5, 0.6) is 11.5 Å². The average Bonchev–Trinajstić information content (AvgIpc) is 2.73. The smallest absolute Gasteiger partial charge is 0.122 e. The van der Waals surface area contributed by atoms with Crippen molar-refractivity contribution in [3.05, 3.63) is 41.2 Å². The Morgan fingerprint density at radius 2 is 2.12 bits per heavy atom. The van der Waals surface area contributed by atoms with Crippen molar-refractivity contribution in [3.8, 4) is 11.5 Å². The van der Waals surface area contributed by atoms with Gasteiger partial charge in [0.2, 0.25) is 0 Å². The number of rotatable bonds is 4. The highest BCUT2D eigenvalue weighted by atomic mass is 16.5. The van der Waals surface area contributed by atoms with Crippen molar-refractivity contribution in [1.29, 1.82) is 0 Å². The van der Waals surface area contributed by atoms with Gasteiger partial charge < -0.3 is 9.84 Å². The van der Waals surface area contributed by atoms with Gasteiger partial charge >= 0.3 is 0 Å². The molecule has 1 heterocycles. The van der Waals surface area contributed by atoms with Gasteiger partial charge in [0.25, 0.3) is 0 Å². The molecule has 4 nitrogen and oxygen atoms in total. The third-order valence-electron chi connectivity index (χ3n) is 2.70. The minimum Gasteiger partial charge on any atom is -0.508 e. The second kappa shape index (κ2) is 4.91. The quantitative estimate of drug-likeness (QED) is 0.849. The van der Waals surface area contributed by atoms with Gasteiger partial charge in [0.15, 0.2) is 0 Å². The highest BCUT2D eigenvalue weighted by Gasteiger charge is 2.05. The van der Waals surface area contributed by atoms with Gasteiger partial charge in [-0.15, -0.1) is 0 Å². The number of benzene rings is 1. The van der Waals surface area contributed by atoms with Gasteiger partial charge in [0.05, 0.1) is 12.8 Å². The van der Waals surface area contributed by atoms with Crippen LogP contribution < -0.4 is 4.74 Å². The molecule has 0 unspecified atom stereocenters. The number of aromatic hydroxyl groups is 1. The second-order valence-electron chi connectivity index (χ2n) is 4.04. The number of phenols is 1. The number of H-pyrrole nitrogens is 1. The largest absolute Gasteiger partial charge is 0.508 e. The number of phenolic OH excluding ortho intramolecular Hbond substituents is 1. The first-order valence-corrected chi connectivity index (χ1v) is 5.56. The molecule has 17 heavy (non-hydrogen) atoms. The lowest BCUT2D eigenvalue weighted by Gasteiger charge is -2.05. The number of hydrogen-bond donors (Lipinski definition) is 2. The second-order valence-corrected chi connectivity index (χ2v) is 4.04. The Balaban J connectivity index is 2.04. The zero-order valence-electron chi connectivity index (χ0n) is 10.0. The molecule has 0 fully saturated rings. The van der Waals surface area contributed by atoms with Crippen LogP contribution in [0.2, 0.25) is 0 Å². The molecule has 4 heteroatoms. The first-order chi connectivity index (χ1) is 8.19. The molecule has 0 bridgehead atoms. The molecule has 1 aromatic heterocycles. The monoisotopic (exact) mass is 232 g/mol. The maximum Gasteiger partial charge on any atom is 0.122 e. The summed E-state index contributed by atoms with van der Waals surface area (Å²) in [7, 11) is 1.58. The van der Waals surface area contributed by atoms with Crippen molar-refractivity contribution < 1.29 is 9.84 Å². The van der Waals surface area contributed by atoms with Crippen LogP contribution in [-0.2, 0) is 12.8 Å². The summed E-state index contributed by atoms with van der Waals surface area (Å²) in [5.41, 5.74) is 2.98. The maximum absolute atomic E-state index is 9.80. The van der Waals surface area contributed by atoms with E-state index in [2.05, 4.69) is 10.2 Å². The summed E-state index contributed by atoms with van der Waals surface area (Å²) in [4.78, 5) is 0. The Morgan fingerprint density at radius 1 is 1.29 bits per heavy atom. The summed E-state index contributed by atoms with van der Waals surface area (Å²) < 4.78 is 5.04. The number of aryl methyl sites for hydroxylation is 3. The van der Waals surface area contributed by atoms with Crippen molar-refractivity contribution in [3.63, 3.8) is 0 Å². The maximum atomic E-state index is 9.80. The lowest BCUT2D eigenvalue weighted by atomic mass is 10.1. The zero-order chi connectivity index (χ0) is 12.3. The molecule has 0 amide bonds. The summed E-state index contributed by atoms with van der Waals surface area (Å²) in [6.07, 6.45) is 1.57. The minimum absolute atomic E-state index is 0.275. The first-order valence-electron chi connectivity index (χ1n) is 5.56. The lowest BCUT2D eigenvalue weighted by molar-refractivity contribution is 0.406. The first kappa shape index (κ1) is 11.5. The summed E-state index contributed by atoms with van der Waals surface area (Å²) in [6, 6.07) is 7.38. The van der Waals surface area contributed by atoms with E-state index in [0.29, 0.717) is 5.75 Å². The molecular formula is C13H16N2O2. The van der Waals surface area contributed by atoms with Crippen LogP contribution in [0.1, 0.15) is 17.0 Å². The summed E-state index contributed by atoms with van der Waals surface area (Å²) in [5.74, 6) is 0.943. The van der Waals surface area contributed by atoms with E-state index in [4.69, 9.17) is 4.74 Å². The molecule has 0 aliphatic rings. The highest BCUT2D eigenvalue weighted by Crippen LogP contribution is 2.24. The Bertz CT molecular complexity index is 506. The third-order valence-corrected chi connectivity index (χ3v) is 2.70. The van der Waals surface area contributed by atoms with Gasteiger partial charge in [0, 0.05) is 11.8 Å². The number of nitrogens with zero attached hydrogens (tertiary/aromatic N) is 1. The molecule has 2 N–H and O–H groups in total. The molecule has 0 saturated carbocycles. The average molecular weight is 232 g/mol. The number of ether oxygens (including phenoxy) is 1. The zero-order valence-corrected chi connectivity index (χ0v) is 10.0. The summed E-state index contributed by atoms with van der Waals surface area (Å²) in [6.45, 7) is 1.97. The molecule has 2 aromatic rings. The predicted octanol–water partition coefficient (Wildman–Crippen LogP) is 2.22. The lowest BCUT2D eigenvalue weighted by Crippen LogP contribution is -1.93. The van der Waals surface area contributed by atoms with Gasteiger partial charge in [-0.1, -0.05) is 6.07 Å². The van der Waals surface area contributed by atoms with E-state index in [9.17, 15) is 5.11 Å². The highest BCUT2D eigenvalue weighted by molar-refractivity contribution is 5.39. The van der Waals surface area contributed by atoms with Crippen LogP contribution in [0.15, 0.2) is 24.3 Å². The number of hydrogen-bond acceptors (Lipinski definition) is 3. The van der Waals surface area contributed by atoms with Gasteiger partial charge in [-0.05, 0) is 37.5 Å². The molecule has 1 aromatic carbocycles. The fourth-order valence-electron chi connectivity index (χ4n) is 1.75. The standard InChI is InChI=1S/C13H16N2O2/c1-9-7-11(15-14-9)5-3-10-4-6-12(17-2)8-13(10)16/h4,6-8,16H,3,5H2,1-2H3,(H,14,15).